The summed E-state index contributed by atoms with van der Waals surface area (Å²) in [6, 6.07) is 1.31. The molecular formula is C16H15F2N3O4S. The lowest BCUT2D eigenvalue weighted by atomic mass is 10.1. The fourth-order valence-electron chi connectivity index (χ4n) is 1.90. The van der Waals surface area contributed by atoms with E-state index in [1.54, 1.807) is 6.92 Å². The number of ether oxygens (including phenoxy) is 2. The molecule has 0 atom stereocenters. The third kappa shape index (κ3) is 4.45. The van der Waals surface area contributed by atoms with Crippen LogP contribution in [0.5, 0.6) is 5.75 Å². The topological polar surface area (TPSA) is 89.4 Å². The van der Waals surface area contributed by atoms with Gasteiger partial charge in [-0.3, -0.25) is 10.1 Å². The third-order valence-corrected chi connectivity index (χ3v) is 4.08. The van der Waals surface area contributed by atoms with Crippen molar-refractivity contribution >= 4 is 35.0 Å². The van der Waals surface area contributed by atoms with Gasteiger partial charge in [0.15, 0.2) is 16.8 Å². The number of amidine groups is 1. The second-order valence-electron chi connectivity index (χ2n) is 4.89. The van der Waals surface area contributed by atoms with E-state index in [2.05, 4.69) is 20.3 Å². The maximum Gasteiger partial charge on any atom is 0.331 e. The number of carbonyl (C=O) groups is 2. The number of thioether (sulfide) groups is 1. The van der Waals surface area contributed by atoms with Crippen molar-refractivity contribution in [2.75, 3.05) is 13.7 Å². The first-order chi connectivity index (χ1) is 12.4. The van der Waals surface area contributed by atoms with Gasteiger partial charge < -0.3 is 9.47 Å². The molecule has 1 aromatic carbocycles. The lowest BCUT2D eigenvalue weighted by Gasteiger charge is -2.09. The minimum atomic E-state index is -1.08. The highest BCUT2D eigenvalue weighted by molar-refractivity contribution is 8.18. The second kappa shape index (κ2) is 8.56. The van der Waals surface area contributed by atoms with Gasteiger partial charge in [0.2, 0.25) is 0 Å². The maximum absolute atomic E-state index is 14.0. The molecule has 10 heteroatoms. The summed E-state index contributed by atoms with van der Waals surface area (Å²) in [4.78, 5) is 22.9. The van der Waals surface area contributed by atoms with Gasteiger partial charge in [-0.2, -0.15) is 5.10 Å². The lowest BCUT2D eigenvalue weighted by molar-refractivity contribution is -0.135. The van der Waals surface area contributed by atoms with Gasteiger partial charge in [-0.1, -0.05) is 0 Å². The largest absolute Gasteiger partial charge is 0.493 e. The van der Waals surface area contributed by atoms with Gasteiger partial charge in [0.05, 0.1) is 24.8 Å². The highest BCUT2D eigenvalue weighted by Crippen LogP contribution is 2.26. The highest BCUT2D eigenvalue weighted by Gasteiger charge is 2.25. The molecular weight excluding hydrogens is 368 g/mol. The van der Waals surface area contributed by atoms with E-state index in [9.17, 15) is 18.4 Å². The molecule has 138 valence electrons. The first kappa shape index (κ1) is 19.6. The van der Waals surface area contributed by atoms with Gasteiger partial charge in [-0.25, -0.2) is 13.6 Å². The Bertz CT molecular complexity index is 837. The molecule has 1 amide bonds. The number of benzene rings is 1. The highest BCUT2D eigenvalue weighted by atomic mass is 32.2. The molecule has 0 radical (unpaired) electrons. The molecule has 1 fully saturated rings. The van der Waals surface area contributed by atoms with Crippen molar-refractivity contribution in [1.29, 1.82) is 0 Å². The van der Waals surface area contributed by atoms with Crippen LogP contribution in [0.3, 0.4) is 0 Å². The number of esters is 1. The van der Waals surface area contributed by atoms with Crippen molar-refractivity contribution in [2.45, 2.75) is 13.8 Å². The number of halogens is 2. The first-order valence-corrected chi connectivity index (χ1v) is 8.20. The van der Waals surface area contributed by atoms with Crippen molar-refractivity contribution in [1.82, 2.24) is 5.32 Å². The average molecular weight is 383 g/mol. The lowest BCUT2D eigenvalue weighted by Crippen LogP contribution is -2.19. The number of hydrogen-bond acceptors (Lipinski definition) is 7. The van der Waals surface area contributed by atoms with Crippen LogP contribution in [-0.2, 0) is 14.3 Å². The van der Waals surface area contributed by atoms with Crippen molar-refractivity contribution in [2.24, 2.45) is 10.2 Å². The second-order valence-corrected chi connectivity index (χ2v) is 5.92. The number of amides is 1. The van der Waals surface area contributed by atoms with Gasteiger partial charge in [0, 0.05) is 17.2 Å². The van der Waals surface area contributed by atoms with Crippen LogP contribution in [0, 0.1) is 18.6 Å². The van der Waals surface area contributed by atoms with Crippen LogP contribution < -0.4 is 10.1 Å². The van der Waals surface area contributed by atoms with Crippen molar-refractivity contribution in [3.63, 3.8) is 0 Å². The number of methoxy groups -OCH3 is 1. The Hall–Kier alpha value is -2.75. The van der Waals surface area contributed by atoms with Crippen LogP contribution in [0.4, 0.5) is 8.78 Å². The van der Waals surface area contributed by atoms with Crippen molar-refractivity contribution in [3.05, 3.63) is 39.8 Å². The third-order valence-electron chi connectivity index (χ3n) is 3.18. The summed E-state index contributed by atoms with van der Waals surface area (Å²) in [5.74, 6) is -3.14. The molecule has 0 unspecified atom stereocenters. The first-order valence-electron chi connectivity index (χ1n) is 7.38. The molecule has 0 bridgehead atoms. The summed E-state index contributed by atoms with van der Waals surface area (Å²) < 4.78 is 37.6. The Morgan fingerprint density at radius 2 is 2.12 bits per heavy atom. The van der Waals surface area contributed by atoms with Gasteiger partial charge in [0.1, 0.15) is 5.75 Å². The Kier molecular flexibility index (Phi) is 6.45. The summed E-state index contributed by atoms with van der Waals surface area (Å²) in [6.07, 6.45) is 2.01. The molecule has 0 aromatic heterocycles. The molecule has 1 N–H and O–H groups in total. The van der Waals surface area contributed by atoms with Gasteiger partial charge >= 0.3 is 5.97 Å². The Morgan fingerprint density at radius 1 is 1.38 bits per heavy atom. The maximum atomic E-state index is 14.0. The molecule has 1 heterocycles. The Balaban J connectivity index is 2.21. The molecule has 1 aromatic rings. The molecule has 0 aliphatic carbocycles. The SMILES string of the molecule is CCOc1cc(C=N/N=C2/NC(=O)/C(=C\C(=O)OC)S2)c(F)c(F)c1C. The van der Waals surface area contributed by atoms with Crippen LogP contribution >= 0.6 is 11.8 Å². The molecule has 1 aliphatic rings. The predicted molar refractivity (Wildman–Crippen MR) is 93.1 cm³/mol. The molecule has 1 aliphatic heterocycles. The monoisotopic (exact) mass is 383 g/mol. The van der Waals surface area contributed by atoms with E-state index in [1.807, 2.05) is 0 Å². The Labute approximate surface area is 152 Å². The van der Waals surface area contributed by atoms with E-state index in [0.29, 0.717) is 6.61 Å². The number of hydrogen-bond donors (Lipinski definition) is 1. The van der Waals surface area contributed by atoms with E-state index in [-0.39, 0.29) is 26.9 Å². The summed E-state index contributed by atoms with van der Waals surface area (Å²) in [5, 5.41) is 9.82. The van der Waals surface area contributed by atoms with Gasteiger partial charge in [-0.15, -0.1) is 5.10 Å². The van der Waals surface area contributed by atoms with E-state index in [1.165, 1.54) is 20.1 Å². The number of nitrogens with zero attached hydrogens (tertiary/aromatic N) is 2. The van der Waals surface area contributed by atoms with Crippen LogP contribution in [0.25, 0.3) is 0 Å². The van der Waals surface area contributed by atoms with Gasteiger partial charge in [-0.05, 0) is 31.7 Å². The standard InChI is InChI=1S/C16H15F2N3O4S/c1-4-25-10-5-9(14(18)13(17)8(10)2)7-19-21-16-20-15(23)11(26-16)6-12(22)24-3/h5-7H,4H2,1-3H3,(H,20,21,23)/b11-6+,19-7?. The summed E-state index contributed by atoms with van der Waals surface area (Å²) >= 11 is 0.862. The number of carbonyl (C=O) groups excluding carboxylic acids is 2. The molecule has 7 nitrogen and oxygen atoms in total. The van der Waals surface area contributed by atoms with E-state index in [0.717, 1.165) is 24.1 Å². The zero-order chi connectivity index (χ0) is 19.3. The predicted octanol–water partition coefficient (Wildman–Crippen LogP) is 2.28. The Morgan fingerprint density at radius 3 is 2.77 bits per heavy atom. The minimum Gasteiger partial charge on any atom is -0.493 e. The van der Waals surface area contributed by atoms with E-state index < -0.39 is 23.5 Å². The summed E-state index contributed by atoms with van der Waals surface area (Å²) in [7, 11) is 1.18. The van der Waals surface area contributed by atoms with Crippen molar-refractivity contribution in [3.8, 4) is 5.75 Å². The molecule has 2 rings (SSSR count). The number of nitrogens with one attached hydrogen (secondary N) is 1. The van der Waals surface area contributed by atoms with E-state index >= 15 is 0 Å². The molecule has 0 saturated carbocycles. The minimum absolute atomic E-state index is 0.0593. The number of rotatable bonds is 5. The quantitative estimate of drug-likeness (QED) is 0.365. The fraction of sp³-hybridized carbons (Fsp3) is 0.250. The zero-order valence-electron chi connectivity index (χ0n) is 14.1. The summed E-state index contributed by atoms with van der Waals surface area (Å²) in [5.41, 5.74) is -0.0930. The van der Waals surface area contributed by atoms with Crippen LogP contribution in [0.15, 0.2) is 27.3 Å². The normalized spacial score (nSPS) is 17.2. The van der Waals surface area contributed by atoms with Gasteiger partial charge in [0.25, 0.3) is 5.91 Å². The smallest absolute Gasteiger partial charge is 0.331 e. The fourth-order valence-corrected chi connectivity index (χ4v) is 2.64. The zero-order valence-corrected chi connectivity index (χ0v) is 14.9. The van der Waals surface area contributed by atoms with E-state index in [4.69, 9.17) is 4.74 Å². The van der Waals surface area contributed by atoms with Crippen molar-refractivity contribution < 1.29 is 27.8 Å². The van der Waals surface area contributed by atoms with Crippen LogP contribution in [0.2, 0.25) is 0 Å². The molecule has 1 saturated heterocycles. The molecule has 26 heavy (non-hydrogen) atoms. The average Bonchev–Trinajstić information content (AvgIpc) is 2.96. The van der Waals surface area contributed by atoms with Crippen LogP contribution in [0.1, 0.15) is 18.1 Å². The summed E-state index contributed by atoms with van der Waals surface area (Å²) in [6.45, 7) is 3.42. The van der Waals surface area contributed by atoms with Crippen LogP contribution in [-0.4, -0.2) is 37.0 Å². The molecule has 0 spiro atoms.